The summed E-state index contributed by atoms with van der Waals surface area (Å²) in [5.74, 6) is 1.39. The molecule has 0 radical (unpaired) electrons. The van der Waals surface area contributed by atoms with Gasteiger partial charge < -0.3 is 10.0 Å². The van der Waals surface area contributed by atoms with Gasteiger partial charge in [0.25, 0.3) is 0 Å². The van der Waals surface area contributed by atoms with E-state index in [2.05, 4.69) is 12.6 Å². The molecule has 1 aliphatic heterocycles. The van der Waals surface area contributed by atoms with E-state index in [1.54, 1.807) is 0 Å². The molecule has 0 aromatic rings. The minimum Gasteiger partial charge on any atom is -0.396 e. The summed E-state index contributed by atoms with van der Waals surface area (Å²) >= 11 is 4.33. The third-order valence-corrected chi connectivity index (χ3v) is 4.62. The predicted molar refractivity (Wildman–Crippen MR) is 66.5 cm³/mol. The average molecular weight is 243 g/mol. The number of hydrogen-bond donors (Lipinski definition) is 2. The predicted octanol–water partition coefficient (Wildman–Crippen LogP) is 1.32. The molecule has 0 spiro atoms. The number of hydrogen-bond acceptors (Lipinski definition) is 3. The van der Waals surface area contributed by atoms with Crippen molar-refractivity contribution in [2.24, 2.45) is 11.3 Å². The Morgan fingerprint density at radius 1 is 1.50 bits per heavy atom. The lowest BCUT2D eigenvalue weighted by Crippen LogP contribution is -2.41. The minimum atomic E-state index is 0.210. The molecule has 3 nitrogen and oxygen atoms in total. The van der Waals surface area contributed by atoms with Gasteiger partial charge in [0.2, 0.25) is 5.91 Å². The fourth-order valence-corrected chi connectivity index (χ4v) is 2.87. The van der Waals surface area contributed by atoms with Crippen LogP contribution in [0.4, 0.5) is 0 Å². The lowest BCUT2D eigenvalue weighted by molar-refractivity contribution is -0.134. The molecule has 16 heavy (non-hydrogen) atoms. The van der Waals surface area contributed by atoms with Gasteiger partial charge in [-0.25, -0.2) is 0 Å². The third-order valence-electron chi connectivity index (χ3n) is 3.95. The van der Waals surface area contributed by atoms with Crippen LogP contribution in [0.15, 0.2) is 0 Å². The zero-order valence-corrected chi connectivity index (χ0v) is 10.6. The van der Waals surface area contributed by atoms with Crippen molar-refractivity contribution in [3.8, 4) is 0 Å². The number of aliphatic hydroxyl groups excluding tert-OH is 1. The molecule has 1 saturated heterocycles. The summed E-state index contributed by atoms with van der Waals surface area (Å²) in [7, 11) is 0. The highest BCUT2D eigenvalue weighted by Gasteiger charge is 2.44. The Kier molecular flexibility index (Phi) is 3.80. The number of piperidine rings is 1. The van der Waals surface area contributed by atoms with Gasteiger partial charge in [0.15, 0.2) is 0 Å². The maximum atomic E-state index is 12.1. The van der Waals surface area contributed by atoms with E-state index in [9.17, 15) is 4.79 Å². The van der Waals surface area contributed by atoms with E-state index in [1.165, 1.54) is 0 Å². The zero-order chi connectivity index (χ0) is 11.6. The quantitative estimate of drug-likeness (QED) is 0.731. The summed E-state index contributed by atoms with van der Waals surface area (Å²) in [6.07, 6.45) is 5.05. The smallest absolute Gasteiger partial charge is 0.223 e. The van der Waals surface area contributed by atoms with Crippen LogP contribution in [0.5, 0.6) is 0 Å². The van der Waals surface area contributed by atoms with Crippen molar-refractivity contribution < 1.29 is 9.90 Å². The topological polar surface area (TPSA) is 40.5 Å². The first kappa shape index (κ1) is 12.2. The number of amides is 1. The highest BCUT2D eigenvalue weighted by Crippen LogP contribution is 2.49. The van der Waals surface area contributed by atoms with E-state index in [0.717, 1.165) is 44.5 Å². The van der Waals surface area contributed by atoms with E-state index in [4.69, 9.17) is 5.11 Å². The molecule has 1 saturated carbocycles. The number of aliphatic hydroxyl groups is 1. The fourth-order valence-electron chi connectivity index (χ4n) is 2.44. The second-order valence-electron chi connectivity index (χ2n) is 5.37. The van der Waals surface area contributed by atoms with Gasteiger partial charge >= 0.3 is 0 Å². The van der Waals surface area contributed by atoms with Crippen LogP contribution in [0.2, 0.25) is 0 Å². The number of carbonyl (C=O) groups excluding carboxylic acids is 1. The Morgan fingerprint density at radius 2 is 2.25 bits per heavy atom. The minimum absolute atomic E-state index is 0.210. The molecule has 1 aliphatic carbocycles. The molecule has 2 rings (SSSR count). The summed E-state index contributed by atoms with van der Waals surface area (Å²) in [6, 6.07) is 0. The molecule has 2 aliphatic rings. The zero-order valence-electron chi connectivity index (χ0n) is 9.69. The van der Waals surface area contributed by atoms with Crippen LogP contribution in [0, 0.1) is 11.3 Å². The molecule has 4 heteroatoms. The average Bonchev–Trinajstić information content (AvgIpc) is 3.09. The Balaban J connectivity index is 1.84. The van der Waals surface area contributed by atoms with E-state index >= 15 is 0 Å². The van der Waals surface area contributed by atoms with Crippen LogP contribution in [0.1, 0.15) is 32.1 Å². The number of thiol groups is 1. The molecule has 1 atom stereocenters. The number of likely N-dealkylation sites (tertiary alicyclic amines) is 1. The second-order valence-corrected chi connectivity index (χ2v) is 5.68. The van der Waals surface area contributed by atoms with Crippen molar-refractivity contribution in [1.82, 2.24) is 4.90 Å². The number of nitrogens with zero attached hydrogens (tertiary/aromatic N) is 1. The SMILES string of the molecule is O=C(CC1(CS)CC1)N1CCCC(CO)C1. The van der Waals surface area contributed by atoms with Crippen molar-refractivity contribution >= 4 is 18.5 Å². The summed E-state index contributed by atoms with van der Waals surface area (Å²) < 4.78 is 0. The van der Waals surface area contributed by atoms with Crippen molar-refractivity contribution in [3.05, 3.63) is 0 Å². The Morgan fingerprint density at radius 3 is 2.81 bits per heavy atom. The monoisotopic (exact) mass is 243 g/mol. The maximum Gasteiger partial charge on any atom is 0.223 e. The molecule has 1 heterocycles. The molecule has 0 bridgehead atoms. The van der Waals surface area contributed by atoms with E-state index in [1.807, 2.05) is 4.90 Å². The number of carbonyl (C=O) groups is 1. The summed E-state index contributed by atoms with van der Waals surface area (Å²) in [6.45, 7) is 1.83. The maximum absolute atomic E-state index is 12.1. The molecule has 1 unspecified atom stereocenters. The summed E-state index contributed by atoms with van der Waals surface area (Å²) in [4.78, 5) is 14.0. The molecule has 1 N–H and O–H groups in total. The lowest BCUT2D eigenvalue weighted by atomic mass is 9.97. The highest BCUT2D eigenvalue weighted by molar-refractivity contribution is 7.80. The van der Waals surface area contributed by atoms with Crippen LogP contribution < -0.4 is 0 Å². The first-order valence-electron chi connectivity index (χ1n) is 6.19. The van der Waals surface area contributed by atoms with Crippen LogP contribution in [-0.4, -0.2) is 41.4 Å². The van der Waals surface area contributed by atoms with Gasteiger partial charge in [0.05, 0.1) is 0 Å². The van der Waals surface area contributed by atoms with Crippen LogP contribution >= 0.6 is 12.6 Å². The first-order chi connectivity index (χ1) is 7.69. The molecular weight excluding hydrogens is 222 g/mol. The van der Waals surface area contributed by atoms with Gasteiger partial charge in [0.1, 0.15) is 0 Å². The van der Waals surface area contributed by atoms with Gasteiger partial charge in [-0.05, 0) is 42.8 Å². The van der Waals surface area contributed by atoms with Crippen LogP contribution in [0.25, 0.3) is 0 Å². The lowest BCUT2D eigenvalue weighted by Gasteiger charge is -2.32. The van der Waals surface area contributed by atoms with Gasteiger partial charge in [-0.1, -0.05) is 0 Å². The second kappa shape index (κ2) is 4.96. The van der Waals surface area contributed by atoms with Gasteiger partial charge in [0, 0.05) is 26.1 Å². The molecule has 0 aromatic carbocycles. The fraction of sp³-hybridized carbons (Fsp3) is 0.917. The summed E-state index contributed by atoms with van der Waals surface area (Å²) in [5.41, 5.74) is 0.215. The van der Waals surface area contributed by atoms with Crippen LogP contribution in [-0.2, 0) is 4.79 Å². The molecule has 0 aromatic heterocycles. The Hall–Kier alpha value is -0.220. The first-order valence-corrected chi connectivity index (χ1v) is 6.82. The van der Waals surface area contributed by atoms with Gasteiger partial charge in [-0.3, -0.25) is 4.79 Å². The third kappa shape index (κ3) is 2.72. The van der Waals surface area contributed by atoms with E-state index < -0.39 is 0 Å². The normalized spacial score (nSPS) is 27.9. The largest absolute Gasteiger partial charge is 0.396 e. The van der Waals surface area contributed by atoms with Gasteiger partial charge in [-0.2, -0.15) is 12.6 Å². The van der Waals surface area contributed by atoms with Crippen molar-refractivity contribution in [3.63, 3.8) is 0 Å². The molecule has 92 valence electrons. The van der Waals surface area contributed by atoms with Gasteiger partial charge in [-0.15, -0.1) is 0 Å². The van der Waals surface area contributed by atoms with Crippen molar-refractivity contribution in [1.29, 1.82) is 0 Å². The molecular formula is C12H21NO2S. The number of rotatable bonds is 4. The van der Waals surface area contributed by atoms with Crippen molar-refractivity contribution in [2.45, 2.75) is 32.1 Å². The molecule has 2 fully saturated rings. The van der Waals surface area contributed by atoms with Crippen LogP contribution in [0.3, 0.4) is 0 Å². The Bertz CT molecular complexity index is 266. The van der Waals surface area contributed by atoms with Crippen molar-refractivity contribution in [2.75, 3.05) is 25.4 Å². The standard InChI is InChI=1S/C12H21NO2S/c14-8-10-2-1-5-13(7-10)11(15)6-12(9-16)3-4-12/h10,14,16H,1-9H2. The highest BCUT2D eigenvalue weighted by atomic mass is 32.1. The Labute approximate surface area is 103 Å². The van der Waals surface area contributed by atoms with E-state index in [0.29, 0.717) is 12.3 Å². The molecule has 1 amide bonds. The van der Waals surface area contributed by atoms with E-state index in [-0.39, 0.29) is 17.9 Å². The summed E-state index contributed by atoms with van der Waals surface area (Å²) in [5, 5.41) is 9.13.